The summed E-state index contributed by atoms with van der Waals surface area (Å²) >= 11 is 0. The monoisotopic (exact) mass is 290 g/mol. The lowest BCUT2D eigenvalue weighted by Crippen LogP contribution is -2.46. The molecule has 4 nitrogen and oxygen atoms in total. The maximum absolute atomic E-state index is 12.9. The van der Waals surface area contributed by atoms with Gasteiger partial charge in [-0.25, -0.2) is 4.39 Å². The van der Waals surface area contributed by atoms with Crippen molar-refractivity contribution in [1.82, 2.24) is 10.2 Å². The zero-order chi connectivity index (χ0) is 14.8. The molecule has 0 aromatic heterocycles. The molecule has 2 aliphatic rings. The molecule has 1 unspecified atom stereocenters. The van der Waals surface area contributed by atoms with E-state index < -0.39 is 0 Å². The summed E-state index contributed by atoms with van der Waals surface area (Å²) < 4.78 is 12.9. The van der Waals surface area contributed by atoms with E-state index in [2.05, 4.69) is 5.32 Å². The Morgan fingerprint density at radius 1 is 1.19 bits per heavy atom. The molecular formula is C16H19FN2O2. The topological polar surface area (TPSA) is 49.4 Å². The van der Waals surface area contributed by atoms with Crippen LogP contribution in [0, 0.1) is 11.7 Å². The number of nitrogens with one attached hydrogen (secondary N) is 1. The van der Waals surface area contributed by atoms with Crippen molar-refractivity contribution >= 4 is 11.8 Å². The zero-order valence-electron chi connectivity index (χ0n) is 11.8. The fourth-order valence-corrected chi connectivity index (χ4v) is 2.74. The molecule has 0 spiro atoms. The van der Waals surface area contributed by atoms with Crippen molar-refractivity contribution in [2.75, 3.05) is 13.1 Å². The van der Waals surface area contributed by atoms with Crippen LogP contribution in [0.1, 0.15) is 24.8 Å². The van der Waals surface area contributed by atoms with Gasteiger partial charge in [0.1, 0.15) is 11.9 Å². The van der Waals surface area contributed by atoms with Gasteiger partial charge in [0.2, 0.25) is 11.8 Å². The normalized spacial score (nSPS) is 22.9. The number of halogens is 1. The summed E-state index contributed by atoms with van der Waals surface area (Å²) in [6.45, 7) is 1.04. The minimum atomic E-state index is -0.340. The first kappa shape index (κ1) is 14.0. The molecule has 3 rings (SSSR count). The average Bonchev–Trinajstić information content (AvgIpc) is 3.30. The fourth-order valence-electron chi connectivity index (χ4n) is 2.74. The second-order valence-corrected chi connectivity index (χ2v) is 5.83. The predicted molar refractivity (Wildman–Crippen MR) is 76.0 cm³/mol. The van der Waals surface area contributed by atoms with Crippen LogP contribution in [-0.4, -0.2) is 35.8 Å². The van der Waals surface area contributed by atoms with Crippen molar-refractivity contribution in [3.05, 3.63) is 35.6 Å². The minimum absolute atomic E-state index is 0.0328. The molecule has 0 bridgehead atoms. The Kier molecular flexibility index (Phi) is 3.90. The summed E-state index contributed by atoms with van der Waals surface area (Å²) in [6, 6.07) is 5.99. The number of carbonyl (C=O) groups excluding carboxylic acids is 2. The third-order valence-corrected chi connectivity index (χ3v) is 4.18. The molecule has 1 aliphatic carbocycles. The predicted octanol–water partition coefficient (Wildman–Crippen LogP) is 1.50. The van der Waals surface area contributed by atoms with Gasteiger partial charge in [0.05, 0.1) is 0 Å². The lowest BCUT2D eigenvalue weighted by Gasteiger charge is -2.24. The summed E-state index contributed by atoms with van der Waals surface area (Å²) in [6.07, 6.45) is 3.07. The van der Waals surface area contributed by atoms with Crippen LogP contribution in [0.15, 0.2) is 24.3 Å². The van der Waals surface area contributed by atoms with Crippen LogP contribution in [0.4, 0.5) is 4.39 Å². The van der Waals surface area contributed by atoms with Gasteiger partial charge >= 0.3 is 0 Å². The lowest BCUT2D eigenvalue weighted by molar-refractivity contribution is -0.134. The number of nitrogens with zero attached hydrogens (tertiary/aromatic N) is 1. The Balaban J connectivity index is 1.64. The molecule has 2 fully saturated rings. The van der Waals surface area contributed by atoms with Gasteiger partial charge in [0.25, 0.3) is 0 Å². The van der Waals surface area contributed by atoms with E-state index in [9.17, 15) is 14.0 Å². The smallest absolute Gasteiger partial charge is 0.245 e. The third kappa shape index (κ3) is 3.40. The molecule has 1 heterocycles. The second-order valence-electron chi connectivity index (χ2n) is 5.83. The van der Waals surface area contributed by atoms with E-state index in [1.54, 1.807) is 17.0 Å². The highest BCUT2D eigenvalue weighted by Gasteiger charge is 2.40. The van der Waals surface area contributed by atoms with Gasteiger partial charge in [-0.3, -0.25) is 9.59 Å². The molecule has 1 saturated carbocycles. The highest BCUT2D eigenvalue weighted by molar-refractivity contribution is 5.90. The first-order chi connectivity index (χ1) is 10.1. The molecular weight excluding hydrogens is 271 g/mol. The van der Waals surface area contributed by atoms with Gasteiger partial charge in [-0.15, -0.1) is 0 Å². The van der Waals surface area contributed by atoms with Crippen molar-refractivity contribution in [2.45, 2.75) is 31.7 Å². The van der Waals surface area contributed by atoms with Crippen LogP contribution in [-0.2, 0) is 16.0 Å². The van der Waals surface area contributed by atoms with Crippen molar-refractivity contribution in [3.8, 4) is 0 Å². The second kappa shape index (κ2) is 5.84. The van der Waals surface area contributed by atoms with E-state index in [0.717, 1.165) is 18.4 Å². The molecule has 1 atom stereocenters. The van der Waals surface area contributed by atoms with Gasteiger partial charge < -0.3 is 10.2 Å². The summed E-state index contributed by atoms with van der Waals surface area (Å²) in [5.41, 5.74) is 0.996. The number of hydrogen-bond acceptors (Lipinski definition) is 2. The summed E-state index contributed by atoms with van der Waals surface area (Å²) in [4.78, 5) is 26.0. The van der Waals surface area contributed by atoms with Crippen LogP contribution in [0.3, 0.4) is 0 Å². The van der Waals surface area contributed by atoms with Gasteiger partial charge in [0.15, 0.2) is 0 Å². The minimum Gasteiger partial charge on any atom is -0.344 e. The maximum Gasteiger partial charge on any atom is 0.245 e. The third-order valence-electron chi connectivity index (χ3n) is 4.18. The van der Waals surface area contributed by atoms with Crippen molar-refractivity contribution in [2.24, 2.45) is 5.92 Å². The summed E-state index contributed by atoms with van der Waals surface area (Å²) in [7, 11) is 0. The Bertz CT molecular complexity index is 540. The van der Waals surface area contributed by atoms with Crippen LogP contribution >= 0.6 is 0 Å². The Morgan fingerprint density at radius 3 is 2.57 bits per heavy atom. The van der Waals surface area contributed by atoms with Gasteiger partial charge in [-0.1, -0.05) is 12.1 Å². The van der Waals surface area contributed by atoms with E-state index in [1.165, 1.54) is 12.1 Å². The highest BCUT2D eigenvalue weighted by atomic mass is 19.1. The molecule has 112 valence electrons. The molecule has 5 heteroatoms. The van der Waals surface area contributed by atoms with Crippen molar-refractivity contribution in [3.63, 3.8) is 0 Å². The largest absolute Gasteiger partial charge is 0.344 e. The molecule has 2 amide bonds. The quantitative estimate of drug-likeness (QED) is 0.913. The zero-order valence-corrected chi connectivity index (χ0v) is 11.8. The number of amides is 2. The number of carbonyl (C=O) groups is 2. The van der Waals surface area contributed by atoms with Crippen molar-refractivity contribution < 1.29 is 14.0 Å². The van der Waals surface area contributed by atoms with Gasteiger partial charge in [-0.2, -0.15) is 0 Å². The summed E-state index contributed by atoms with van der Waals surface area (Å²) in [5, 5.41) is 2.85. The number of hydrogen-bond donors (Lipinski definition) is 1. The molecule has 1 N–H and O–H groups in total. The standard InChI is InChI=1S/C16H19FN2O2/c17-13-5-1-11(2-6-13)7-9-19-10-8-14(20)18-15(16(19)21)12-3-4-12/h1-2,5-6,12,15H,3-4,7-10H2,(H,18,20). The molecule has 0 radical (unpaired) electrons. The van der Waals surface area contributed by atoms with E-state index in [4.69, 9.17) is 0 Å². The number of rotatable bonds is 4. The van der Waals surface area contributed by atoms with E-state index in [0.29, 0.717) is 31.8 Å². The molecule has 1 aromatic rings. The van der Waals surface area contributed by atoms with Crippen LogP contribution < -0.4 is 5.32 Å². The SMILES string of the molecule is O=C1CCN(CCc2ccc(F)cc2)C(=O)C(C2CC2)N1. The Labute approximate surface area is 123 Å². The molecule has 1 aromatic carbocycles. The van der Waals surface area contributed by atoms with Crippen LogP contribution in [0.5, 0.6) is 0 Å². The van der Waals surface area contributed by atoms with E-state index >= 15 is 0 Å². The first-order valence-electron chi connectivity index (χ1n) is 7.46. The van der Waals surface area contributed by atoms with Gasteiger partial charge in [-0.05, 0) is 42.9 Å². The van der Waals surface area contributed by atoms with Crippen LogP contribution in [0.2, 0.25) is 0 Å². The molecule has 21 heavy (non-hydrogen) atoms. The highest BCUT2D eigenvalue weighted by Crippen LogP contribution is 2.34. The van der Waals surface area contributed by atoms with Crippen LogP contribution in [0.25, 0.3) is 0 Å². The van der Waals surface area contributed by atoms with Crippen molar-refractivity contribution in [1.29, 1.82) is 0 Å². The Hall–Kier alpha value is -1.91. The molecule has 1 aliphatic heterocycles. The Morgan fingerprint density at radius 2 is 1.90 bits per heavy atom. The maximum atomic E-state index is 12.9. The number of benzene rings is 1. The fraction of sp³-hybridized carbons (Fsp3) is 0.500. The summed E-state index contributed by atoms with van der Waals surface area (Å²) in [5.74, 6) is 0.0519. The average molecular weight is 290 g/mol. The van der Waals surface area contributed by atoms with E-state index in [-0.39, 0.29) is 23.7 Å². The van der Waals surface area contributed by atoms with Gasteiger partial charge in [0, 0.05) is 19.5 Å². The lowest BCUT2D eigenvalue weighted by atomic mass is 10.1. The molecule has 1 saturated heterocycles. The first-order valence-corrected chi connectivity index (χ1v) is 7.46. The van der Waals surface area contributed by atoms with E-state index in [1.807, 2.05) is 0 Å².